The van der Waals surface area contributed by atoms with Gasteiger partial charge in [0.25, 0.3) is 10.0 Å². The Morgan fingerprint density at radius 3 is 2.55 bits per heavy atom. The number of sulfonamides is 1. The van der Waals surface area contributed by atoms with E-state index in [0.29, 0.717) is 5.69 Å². The van der Waals surface area contributed by atoms with Gasteiger partial charge in [-0.15, -0.1) is 0 Å². The normalized spacial score (nSPS) is 11.2. The molecule has 2 aromatic carbocycles. The van der Waals surface area contributed by atoms with E-state index in [1.165, 1.54) is 18.2 Å². The molecule has 4 N–H and O–H groups in total. The number of aromatic hydroxyl groups is 1. The molecule has 0 saturated heterocycles. The number of phenols is 1. The van der Waals surface area contributed by atoms with E-state index < -0.39 is 10.0 Å². The Labute approximate surface area is 118 Å². The summed E-state index contributed by atoms with van der Waals surface area (Å²) in [7, 11) is -3.73. The van der Waals surface area contributed by atoms with E-state index in [1.807, 2.05) is 19.1 Å². The van der Waals surface area contributed by atoms with E-state index in [0.717, 1.165) is 12.0 Å². The van der Waals surface area contributed by atoms with Crippen molar-refractivity contribution >= 4 is 21.4 Å². The molecule has 5 nitrogen and oxygen atoms in total. The van der Waals surface area contributed by atoms with E-state index in [4.69, 9.17) is 5.73 Å². The summed E-state index contributed by atoms with van der Waals surface area (Å²) in [6, 6.07) is 11.0. The molecular weight excluding hydrogens is 276 g/mol. The Bertz CT molecular complexity index is 727. The Hall–Kier alpha value is -2.21. The smallest absolute Gasteiger partial charge is 0.261 e. The van der Waals surface area contributed by atoms with E-state index in [2.05, 4.69) is 4.72 Å². The maximum Gasteiger partial charge on any atom is 0.261 e. The molecule has 0 spiro atoms. The largest absolute Gasteiger partial charge is 0.506 e. The van der Waals surface area contributed by atoms with E-state index >= 15 is 0 Å². The quantitative estimate of drug-likeness (QED) is 0.595. The fraction of sp³-hybridized carbons (Fsp3) is 0.143. The van der Waals surface area contributed by atoms with E-state index in [-0.39, 0.29) is 16.3 Å². The van der Waals surface area contributed by atoms with Gasteiger partial charge in [-0.25, -0.2) is 8.42 Å². The Balaban J connectivity index is 2.38. The maximum absolute atomic E-state index is 12.3. The van der Waals surface area contributed by atoms with Crippen LogP contribution in [0.1, 0.15) is 12.5 Å². The lowest BCUT2D eigenvalue weighted by molar-refractivity contribution is 0.477. The average Bonchev–Trinajstić information content (AvgIpc) is 2.42. The second kappa shape index (κ2) is 5.42. The molecule has 0 fully saturated rings. The monoisotopic (exact) mass is 292 g/mol. The van der Waals surface area contributed by atoms with Gasteiger partial charge in [-0.2, -0.15) is 0 Å². The number of benzene rings is 2. The Morgan fingerprint density at radius 1 is 1.20 bits per heavy atom. The molecule has 0 aliphatic carbocycles. The van der Waals surface area contributed by atoms with Gasteiger partial charge in [0.1, 0.15) is 5.75 Å². The first kappa shape index (κ1) is 14.2. The van der Waals surface area contributed by atoms with Crippen molar-refractivity contribution in [2.75, 3.05) is 10.5 Å². The standard InChI is InChI=1S/C14H16N2O3S/c1-2-10-5-3-4-6-13(10)16-20(18,19)11-7-8-14(17)12(15)9-11/h3-9,16-17H,2,15H2,1H3. The average molecular weight is 292 g/mol. The van der Waals surface area contributed by atoms with Crippen molar-refractivity contribution in [1.29, 1.82) is 0 Å². The van der Waals surface area contributed by atoms with Gasteiger partial charge in [0, 0.05) is 0 Å². The molecule has 0 radical (unpaired) electrons. The third-order valence-electron chi connectivity index (χ3n) is 2.95. The summed E-state index contributed by atoms with van der Waals surface area (Å²) in [6.45, 7) is 1.95. The second-order valence-electron chi connectivity index (χ2n) is 4.34. The molecule has 0 saturated carbocycles. The zero-order valence-corrected chi connectivity index (χ0v) is 11.8. The molecule has 20 heavy (non-hydrogen) atoms. The number of aryl methyl sites for hydroxylation is 1. The third-order valence-corrected chi connectivity index (χ3v) is 4.32. The highest BCUT2D eigenvalue weighted by Crippen LogP contribution is 2.25. The number of phenolic OH excluding ortho intramolecular Hbond substituents is 1. The lowest BCUT2D eigenvalue weighted by Crippen LogP contribution is -2.14. The summed E-state index contributed by atoms with van der Waals surface area (Å²) in [5.74, 6) is -0.141. The van der Waals surface area contributed by atoms with Gasteiger partial charge in [-0.1, -0.05) is 25.1 Å². The fourth-order valence-corrected chi connectivity index (χ4v) is 2.97. The van der Waals surface area contributed by atoms with Crippen LogP contribution in [0, 0.1) is 0 Å². The van der Waals surface area contributed by atoms with Crippen LogP contribution in [0.2, 0.25) is 0 Å². The minimum Gasteiger partial charge on any atom is -0.506 e. The molecule has 2 rings (SSSR count). The summed E-state index contributed by atoms with van der Waals surface area (Å²) in [5, 5.41) is 9.34. The molecule has 2 aromatic rings. The number of nitrogens with one attached hydrogen (secondary N) is 1. The number of nitrogen functional groups attached to an aromatic ring is 1. The predicted octanol–water partition coefficient (Wildman–Crippen LogP) is 2.34. The van der Waals surface area contributed by atoms with Gasteiger partial charge in [0.15, 0.2) is 0 Å². The van der Waals surface area contributed by atoms with Crippen LogP contribution in [0.15, 0.2) is 47.4 Å². The zero-order valence-electron chi connectivity index (χ0n) is 11.0. The summed E-state index contributed by atoms with van der Waals surface area (Å²) in [6.07, 6.45) is 0.719. The van der Waals surface area contributed by atoms with Crippen LogP contribution in [0.3, 0.4) is 0 Å². The van der Waals surface area contributed by atoms with Gasteiger partial charge in [-0.05, 0) is 36.2 Å². The summed E-state index contributed by atoms with van der Waals surface area (Å²) in [5.41, 5.74) is 7.00. The lowest BCUT2D eigenvalue weighted by Gasteiger charge is -2.12. The van der Waals surface area contributed by atoms with Crippen molar-refractivity contribution in [2.45, 2.75) is 18.2 Å². The van der Waals surface area contributed by atoms with Crippen molar-refractivity contribution in [1.82, 2.24) is 0 Å². The van der Waals surface area contributed by atoms with Crippen LogP contribution < -0.4 is 10.5 Å². The van der Waals surface area contributed by atoms with Crippen LogP contribution in [0.25, 0.3) is 0 Å². The maximum atomic E-state index is 12.3. The highest BCUT2D eigenvalue weighted by Gasteiger charge is 2.16. The van der Waals surface area contributed by atoms with Crippen molar-refractivity contribution in [2.24, 2.45) is 0 Å². The number of anilines is 2. The number of para-hydroxylation sites is 1. The number of hydrogen-bond donors (Lipinski definition) is 3. The molecule has 0 bridgehead atoms. The van der Waals surface area contributed by atoms with Gasteiger partial charge >= 0.3 is 0 Å². The summed E-state index contributed by atoms with van der Waals surface area (Å²) >= 11 is 0. The molecule has 0 aliphatic rings. The highest BCUT2D eigenvalue weighted by molar-refractivity contribution is 7.92. The van der Waals surface area contributed by atoms with E-state index in [9.17, 15) is 13.5 Å². The second-order valence-corrected chi connectivity index (χ2v) is 6.02. The SMILES string of the molecule is CCc1ccccc1NS(=O)(=O)c1ccc(O)c(N)c1. The molecule has 0 heterocycles. The molecule has 0 unspecified atom stereocenters. The molecule has 0 atom stereocenters. The first-order valence-corrected chi connectivity index (χ1v) is 7.61. The molecule has 0 aromatic heterocycles. The minimum atomic E-state index is -3.73. The molecule has 0 aliphatic heterocycles. The van der Waals surface area contributed by atoms with Gasteiger partial charge < -0.3 is 10.8 Å². The van der Waals surface area contributed by atoms with Crippen LogP contribution >= 0.6 is 0 Å². The number of rotatable bonds is 4. The number of nitrogens with two attached hydrogens (primary N) is 1. The molecule has 106 valence electrons. The van der Waals surface area contributed by atoms with Gasteiger partial charge in [-0.3, -0.25) is 4.72 Å². The van der Waals surface area contributed by atoms with Crippen molar-refractivity contribution in [3.8, 4) is 5.75 Å². The van der Waals surface area contributed by atoms with Crippen LogP contribution in [-0.2, 0) is 16.4 Å². The van der Waals surface area contributed by atoms with Crippen molar-refractivity contribution in [3.05, 3.63) is 48.0 Å². The molecule has 0 amide bonds. The zero-order chi connectivity index (χ0) is 14.8. The van der Waals surface area contributed by atoms with Crippen LogP contribution in [0.4, 0.5) is 11.4 Å². The van der Waals surface area contributed by atoms with Crippen molar-refractivity contribution in [3.63, 3.8) is 0 Å². The Morgan fingerprint density at radius 2 is 1.90 bits per heavy atom. The van der Waals surface area contributed by atoms with Gasteiger partial charge in [0.05, 0.1) is 16.3 Å². The predicted molar refractivity (Wildman–Crippen MR) is 79.1 cm³/mol. The highest BCUT2D eigenvalue weighted by atomic mass is 32.2. The van der Waals surface area contributed by atoms with E-state index in [1.54, 1.807) is 12.1 Å². The lowest BCUT2D eigenvalue weighted by atomic mass is 10.1. The first-order valence-electron chi connectivity index (χ1n) is 6.13. The molecular formula is C14H16N2O3S. The van der Waals surface area contributed by atoms with Gasteiger partial charge in [0.2, 0.25) is 0 Å². The fourth-order valence-electron chi connectivity index (χ4n) is 1.83. The van der Waals surface area contributed by atoms with Crippen molar-refractivity contribution < 1.29 is 13.5 Å². The van der Waals surface area contributed by atoms with Crippen LogP contribution in [-0.4, -0.2) is 13.5 Å². The molecule has 6 heteroatoms. The first-order chi connectivity index (χ1) is 9.44. The number of hydrogen-bond acceptors (Lipinski definition) is 4. The van der Waals surface area contributed by atoms with Crippen LogP contribution in [0.5, 0.6) is 5.75 Å². The topological polar surface area (TPSA) is 92.4 Å². The minimum absolute atomic E-state index is 0.0127. The summed E-state index contributed by atoms with van der Waals surface area (Å²) < 4.78 is 27.1. The Kier molecular flexibility index (Phi) is 3.85. The third kappa shape index (κ3) is 2.85. The summed E-state index contributed by atoms with van der Waals surface area (Å²) in [4.78, 5) is 0.0127.